The molecule has 2 aromatic carbocycles. The summed E-state index contributed by atoms with van der Waals surface area (Å²) in [6.45, 7) is -1.05. The van der Waals surface area contributed by atoms with Crippen molar-refractivity contribution in [2.45, 2.75) is 76.2 Å². The molecule has 1 unspecified atom stereocenters. The van der Waals surface area contributed by atoms with Crippen molar-refractivity contribution in [3.63, 3.8) is 0 Å². The number of ether oxygens (including phenoxy) is 1. The van der Waals surface area contributed by atoms with Gasteiger partial charge in [-0.15, -0.1) is 5.10 Å². The van der Waals surface area contributed by atoms with E-state index < -0.39 is 60.0 Å². The maximum atomic E-state index is 13.9. The molecular weight excluding hydrogens is 619 g/mol. The zero-order valence-corrected chi connectivity index (χ0v) is 24.0. The fourth-order valence-electron chi connectivity index (χ4n) is 5.48. The van der Waals surface area contributed by atoms with E-state index in [0.29, 0.717) is 17.7 Å². The number of anilines is 1. The van der Waals surface area contributed by atoms with Crippen LogP contribution in [-0.4, -0.2) is 26.8 Å². The number of aromatic nitrogens is 4. The van der Waals surface area contributed by atoms with Crippen LogP contribution in [0.2, 0.25) is 0 Å². The Balaban J connectivity index is 1.82. The van der Waals surface area contributed by atoms with E-state index >= 15 is 0 Å². The molecule has 4 rings (SSSR count). The molecule has 0 radical (unpaired) electrons. The van der Waals surface area contributed by atoms with Crippen LogP contribution in [-0.2, 0) is 43.4 Å². The van der Waals surface area contributed by atoms with Crippen LogP contribution in [0.15, 0.2) is 36.4 Å². The number of hydrogen-bond donors (Lipinski definition) is 0. The molecule has 1 fully saturated rings. The number of tetrazole rings is 1. The Morgan fingerprint density at radius 2 is 1.51 bits per heavy atom. The van der Waals surface area contributed by atoms with Crippen LogP contribution >= 0.6 is 0 Å². The Hall–Kier alpha value is -3.87. The minimum atomic E-state index is -5.10. The highest BCUT2D eigenvalue weighted by Crippen LogP contribution is 2.41. The largest absolute Gasteiger partial charge is 0.416 e. The van der Waals surface area contributed by atoms with Gasteiger partial charge in [0, 0.05) is 13.1 Å². The normalized spacial score (nSPS) is 15.6. The molecule has 1 saturated carbocycles. The quantitative estimate of drug-likeness (QED) is 0.164. The van der Waals surface area contributed by atoms with Crippen LogP contribution in [0.25, 0.3) is 0 Å². The van der Waals surface area contributed by atoms with Crippen LogP contribution in [0.1, 0.15) is 78.0 Å². The molecule has 1 aliphatic rings. The van der Waals surface area contributed by atoms with E-state index in [-0.39, 0.29) is 36.5 Å². The molecule has 0 N–H and O–H groups in total. The van der Waals surface area contributed by atoms with Crippen molar-refractivity contribution < 1.29 is 44.3 Å². The monoisotopic (exact) mass is 648 g/mol. The van der Waals surface area contributed by atoms with Crippen molar-refractivity contribution in [3.05, 3.63) is 69.8 Å². The third kappa shape index (κ3) is 8.86. The van der Waals surface area contributed by atoms with Crippen molar-refractivity contribution in [2.75, 3.05) is 11.5 Å². The van der Waals surface area contributed by atoms with Gasteiger partial charge in [0.1, 0.15) is 0 Å². The maximum Gasteiger partial charge on any atom is 0.416 e. The molecule has 1 atom stereocenters. The van der Waals surface area contributed by atoms with Gasteiger partial charge in [-0.1, -0.05) is 30.4 Å². The first-order chi connectivity index (χ1) is 21.1. The van der Waals surface area contributed by atoms with Gasteiger partial charge in [0.15, 0.2) is 0 Å². The average Bonchev–Trinajstić information content (AvgIpc) is 3.40. The minimum Gasteiger partial charge on any atom is -0.372 e. The summed E-state index contributed by atoms with van der Waals surface area (Å²) in [4.78, 5) is 2.16. The van der Waals surface area contributed by atoms with E-state index in [1.165, 1.54) is 13.1 Å². The molecule has 45 heavy (non-hydrogen) atoms. The maximum absolute atomic E-state index is 13.9. The molecule has 3 aromatic rings. The first-order valence-electron chi connectivity index (χ1n) is 14.0. The summed E-state index contributed by atoms with van der Waals surface area (Å²) in [5, 5.41) is 20.6. The minimum absolute atomic E-state index is 0.00727. The Morgan fingerprint density at radius 1 is 0.889 bits per heavy atom. The van der Waals surface area contributed by atoms with Crippen molar-refractivity contribution in [2.24, 2.45) is 13.0 Å². The zero-order chi connectivity index (χ0) is 33.0. The third-order valence-electron chi connectivity index (χ3n) is 7.53. The summed E-state index contributed by atoms with van der Waals surface area (Å²) >= 11 is 0. The predicted octanol–water partition coefficient (Wildman–Crippen LogP) is 8.02. The van der Waals surface area contributed by atoms with Crippen LogP contribution in [0.3, 0.4) is 0 Å². The van der Waals surface area contributed by atoms with Crippen molar-refractivity contribution in [3.8, 4) is 6.07 Å². The summed E-state index contributed by atoms with van der Waals surface area (Å²) in [6, 6.07) is 6.10. The molecule has 7 nitrogen and oxygen atoms in total. The summed E-state index contributed by atoms with van der Waals surface area (Å²) in [7, 11) is 1.37. The number of alkyl halides is 9. The van der Waals surface area contributed by atoms with E-state index in [9.17, 15) is 39.5 Å². The summed E-state index contributed by atoms with van der Waals surface area (Å²) < 4.78 is 129. The van der Waals surface area contributed by atoms with Gasteiger partial charge in [-0.05, 0) is 71.0 Å². The standard InChI is InChI=1S/C29H29F9N6O/c1-43-41-26(40-42-43)44(16-18-12-22(28(33,34)35)15-23(13-18)29(36,37)38)17-20-14-21(27(30,31)32)8-9-24(20)25(45-11-5-10-39)19-6-3-2-4-7-19/h8-9,12-15,19,25H,2-7,11,16-17H2,1H3. The van der Waals surface area contributed by atoms with Crippen LogP contribution in [0, 0.1) is 17.2 Å². The molecule has 0 aliphatic heterocycles. The number of rotatable bonds is 10. The summed E-state index contributed by atoms with van der Waals surface area (Å²) in [5.41, 5.74) is -4.09. The third-order valence-corrected chi connectivity index (χ3v) is 7.53. The fraction of sp³-hybridized carbons (Fsp3) is 0.517. The number of nitrogens with zero attached hydrogens (tertiary/aromatic N) is 6. The number of hydrogen-bond acceptors (Lipinski definition) is 6. The number of benzene rings is 2. The van der Waals surface area contributed by atoms with Gasteiger partial charge < -0.3 is 9.64 Å². The molecule has 0 bridgehead atoms. The van der Waals surface area contributed by atoms with Crippen LogP contribution in [0.5, 0.6) is 0 Å². The Morgan fingerprint density at radius 3 is 2.04 bits per heavy atom. The van der Waals surface area contributed by atoms with Crippen LogP contribution < -0.4 is 4.90 Å². The van der Waals surface area contributed by atoms with Crippen molar-refractivity contribution in [1.29, 1.82) is 5.26 Å². The van der Waals surface area contributed by atoms with E-state index in [1.54, 1.807) is 0 Å². The molecule has 0 saturated heterocycles. The lowest BCUT2D eigenvalue weighted by Gasteiger charge is -2.33. The molecule has 0 amide bonds. The number of nitriles is 1. The van der Waals surface area contributed by atoms with Gasteiger partial charge in [-0.3, -0.25) is 0 Å². The summed E-state index contributed by atoms with van der Waals surface area (Å²) in [5.74, 6) is -0.319. The van der Waals surface area contributed by atoms with E-state index in [1.807, 2.05) is 6.07 Å². The van der Waals surface area contributed by atoms with Gasteiger partial charge in [0.25, 0.3) is 5.95 Å². The smallest absolute Gasteiger partial charge is 0.372 e. The molecule has 1 aromatic heterocycles. The lowest BCUT2D eigenvalue weighted by atomic mass is 9.81. The second-order valence-electron chi connectivity index (χ2n) is 10.9. The molecule has 1 aliphatic carbocycles. The highest BCUT2D eigenvalue weighted by molar-refractivity contribution is 5.42. The first-order valence-corrected chi connectivity index (χ1v) is 14.0. The van der Waals surface area contributed by atoms with E-state index in [4.69, 9.17) is 10.00 Å². The predicted molar refractivity (Wildman–Crippen MR) is 142 cm³/mol. The van der Waals surface area contributed by atoms with Gasteiger partial charge in [0.2, 0.25) is 0 Å². The highest BCUT2D eigenvalue weighted by atomic mass is 19.4. The van der Waals surface area contributed by atoms with E-state index in [2.05, 4.69) is 15.4 Å². The molecule has 0 spiro atoms. The van der Waals surface area contributed by atoms with Gasteiger partial charge >= 0.3 is 18.5 Å². The number of halogens is 9. The topological polar surface area (TPSA) is 79.9 Å². The van der Waals surface area contributed by atoms with Gasteiger partial charge in [0.05, 0.1) is 48.9 Å². The average molecular weight is 649 g/mol. The van der Waals surface area contributed by atoms with E-state index in [0.717, 1.165) is 53.9 Å². The summed E-state index contributed by atoms with van der Waals surface area (Å²) in [6.07, 6.45) is -11.5. The molecule has 1 heterocycles. The second-order valence-corrected chi connectivity index (χ2v) is 10.9. The Labute approximate surface area is 252 Å². The van der Waals surface area contributed by atoms with Gasteiger partial charge in [-0.25, -0.2) is 0 Å². The van der Waals surface area contributed by atoms with Gasteiger partial charge in [-0.2, -0.15) is 49.6 Å². The lowest BCUT2D eigenvalue weighted by molar-refractivity contribution is -0.143. The molecular formula is C29H29F9N6O. The highest BCUT2D eigenvalue weighted by Gasteiger charge is 2.38. The SMILES string of the molecule is Cn1nnc(N(Cc2cc(C(F)(F)F)cc(C(F)(F)F)c2)Cc2cc(C(F)(F)F)ccc2C(OCCC#N)C2CCCCC2)n1. The Bertz CT molecular complexity index is 1450. The molecule has 16 heteroatoms. The molecule has 244 valence electrons. The van der Waals surface area contributed by atoms with Crippen molar-refractivity contribution in [1.82, 2.24) is 20.2 Å². The number of aryl methyl sites for hydroxylation is 1. The van der Waals surface area contributed by atoms with Crippen LogP contribution in [0.4, 0.5) is 45.5 Å². The zero-order valence-electron chi connectivity index (χ0n) is 24.0. The van der Waals surface area contributed by atoms with Crippen molar-refractivity contribution >= 4 is 5.95 Å². The first kappa shape index (κ1) is 34.0. The second kappa shape index (κ2) is 13.6. The lowest BCUT2D eigenvalue weighted by Crippen LogP contribution is -2.27. The fourth-order valence-corrected chi connectivity index (χ4v) is 5.48. The Kier molecular flexibility index (Phi) is 10.3.